The molecule has 168 valence electrons. The minimum Gasteiger partial charge on any atom is -0.493 e. The number of dihydropyridines is 1. The number of furan rings is 1. The number of nitrogens with one attached hydrogen (secondary N) is 1. The van der Waals surface area contributed by atoms with E-state index in [9.17, 15) is 9.59 Å². The third-order valence-electron chi connectivity index (χ3n) is 6.16. The van der Waals surface area contributed by atoms with E-state index in [1.807, 2.05) is 44.2 Å². The maximum absolute atomic E-state index is 13.5. The summed E-state index contributed by atoms with van der Waals surface area (Å²) in [6, 6.07) is 9.39. The molecule has 2 aliphatic rings. The van der Waals surface area contributed by atoms with Crippen LogP contribution in [0.5, 0.6) is 11.5 Å². The van der Waals surface area contributed by atoms with E-state index in [1.54, 1.807) is 14.2 Å². The van der Waals surface area contributed by atoms with E-state index in [0.29, 0.717) is 52.7 Å². The Morgan fingerprint density at radius 3 is 2.41 bits per heavy atom. The molecule has 7 nitrogen and oxygen atoms in total. The van der Waals surface area contributed by atoms with Crippen LogP contribution in [-0.2, 0) is 14.3 Å². The summed E-state index contributed by atoms with van der Waals surface area (Å²) in [5.74, 6) is 1.43. The van der Waals surface area contributed by atoms with Gasteiger partial charge in [-0.3, -0.25) is 4.79 Å². The molecule has 0 radical (unpaired) electrons. The highest BCUT2D eigenvalue weighted by Gasteiger charge is 2.42. The first-order valence-corrected chi connectivity index (χ1v) is 10.5. The number of esters is 1. The fourth-order valence-electron chi connectivity index (χ4n) is 4.66. The van der Waals surface area contributed by atoms with Gasteiger partial charge in [0.25, 0.3) is 0 Å². The van der Waals surface area contributed by atoms with Crippen LogP contribution in [0.2, 0.25) is 0 Å². The minimum atomic E-state index is -0.591. The van der Waals surface area contributed by atoms with Gasteiger partial charge in [0.15, 0.2) is 17.3 Å². The Kier molecular flexibility index (Phi) is 5.82. The number of rotatable bonds is 5. The average Bonchev–Trinajstić information content (AvgIpc) is 3.22. The van der Waals surface area contributed by atoms with E-state index in [4.69, 9.17) is 18.6 Å². The zero-order valence-corrected chi connectivity index (χ0v) is 18.9. The summed E-state index contributed by atoms with van der Waals surface area (Å²) in [5.41, 5.74) is 3.44. The van der Waals surface area contributed by atoms with Crippen molar-refractivity contribution in [3.8, 4) is 11.5 Å². The van der Waals surface area contributed by atoms with E-state index in [2.05, 4.69) is 5.32 Å². The highest BCUT2D eigenvalue weighted by atomic mass is 16.5. The first kappa shape index (κ1) is 21.7. The highest BCUT2D eigenvalue weighted by Crippen LogP contribution is 2.46. The van der Waals surface area contributed by atoms with Gasteiger partial charge in [-0.25, -0.2) is 4.79 Å². The summed E-state index contributed by atoms with van der Waals surface area (Å²) in [7, 11) is 4.53. The van der Waals surface area contributed by atoms with Gasteiger partial charge in [-0.1, -0.05) is 6.07 Å². The minimum absolute atomic E-state index is 0.0218. The van der Waals surface area contributed by atoms with Crippen LogP contribution >= 0.6 is 0 Å². The molecule has 1 aliphatic carbocycles. The molecule has 1 aromatic heterocycles. The quantitative estimate of drug-likeness (QED) is 0.704. The van der Waals surface area contributed by atoms with E-state index < -0.39 is 11.9 Å². The van der Waals surface area contributed by atoms with Crippen molar-refractivity contribution in [3.63, 3.8) is 0 Å². The molecule has 0 fully saturated rings. The average molecular weight is 437 g/mol. The van der Waals surface area contributed by atoms with Gasteiger partial charge in [-0.2, -0.15) is 0 Å². The van der Waals surface area contributed by atoms with Gasteiger partial charge in [-0.15, -0.1) is 0 Å². The number of benzene rings is 1. The van der Waals surface area contributed by atoms with Crippen molar-refractivity contribution < 1.29 is 28.2 Å². The predicted molar refractivity (Wildman–Crippen MR) is 118 cm³/mol. The monoisotopic (exact) mass is 437 g/mol. The number of carbonyl (C=O) groups excluding carboxylic acids is 2. The van der Waals surface area contributed by atoms with E-state index in [0.717, 1.165) is 11.3 Å². The Bertz CT molecular complexity index is 1140. The Labute approximate surface area is 187 Å². The van der Waals surface area contributed by atoms with Crippen LogP contribution < -0.4 is 14.8 Å². The van der Waals surface area contributed by atoms with Crippen molar-refractivity contribution in [2.75, 3.05) is 21.3 Å². The third kappa shape index (κ3) is 3.68. The van der Waals surface area contributed by atoms with Crippen molar-refractivity contribution in [1.82, 2.24) is 5.32 Å². The number of methoxy groups -OCH3 is 3. The number of allylic oxidation sites excluding steroid dienone is 3. The summed E-state index contributed by atoms with van der Waals surface area (Å²) in [5, 5.41) is 3.31. The van der Waals surface area contributed by atoms with E-state index >= 15 is 0 Å². The second-order valence-corrected chi connectivity index (χ2v) is 8.07. The van der Waals surface area contributed by atoms with Crippen LogP contribution in [0.1, 0.15) is 48.7 Å². The van der Waals surface area contributed by atoms with Gasteiger partial charge >= 0.3 is 5.97 Å². The lowest BCUT2D eigenvalue weighted by atomic mass is 9.73. The number of ether oxygens (including phenoxy) is 3. The zero-order valence-electron chi connectivity index (χ0n) is 18.9. The van der Waals surface area contributed by atoms with Gasteiger partial charge in [0.1, 0.15) is 11.5 Å². The van der Waals surface area contributed by atoms with Crippen LogP contribution in [0.25, 0.3) is 0 Å². The number of hydrogen-bond donors (Lipinski definition) is 1. The van der Waals surface area contributed by atoms with Gasteiger partial charge in [-0.05, 0) is 56.0 Å². The van der Waals surface area contributed by atoms with E-state index in [-0.39, 0.29) is 11.7 Å². The van der Waals surface area contributed by atoms with Gasteiger partial charge in [0, 0.05) is 23.4 Å². The molecule has 2 heterocycles. The van der Waals surface area contributed by atoms with Gasteiger partial charge in [0.2, 0.25) is 0 Å². The third-order valence-corrected chi connectivity index (χ3v) is 6.16. The molecule has 0 amide bonds. The van der Waals surface area contributed by atoms with Crippen molar-refractivity contribution in [2.45, 2.75) is 38.5 Å². The number of carbonyl (C=O) groups is 2. The summed E-state index contributed by atoms with van der Waals surface area (Å²) in [4.78, 5) is 26.1. The topological polar surface area (TPSA) is 87.0 Å². The van der Waals surface area contributed by atoms with Crippen LogP contribution in [0.3, 0.4) is 0 Å². The molecule has 1 N–H and O–H groups in total. The summed E-state index contributed by atoms with van der Waals surface area (Å²) < 4.78 is 21.7. The number of aryl methyl sites for hydroxylation is 1. The van der Waals surface area contributed by atoms with Crippen LogP contribution in [0.4, 0.5) is 0 Å². The summed E-state index contributed by atoms with van der Waals surface area (Å²) in [6.45, 7) is 3.66. The second-order valence-electron chi connectivity index (χ2n) is 8.07. The van der Waals surface area contributed by atoms with Crippen LogP contribution in [-0.4, -0.2) is 33.1 Å². The molecule has 2 aromatic rings. The van der Waals surface area contributed by atoms with Crippen LogP contribution in [0, 0.1) is 6.92 Å². The summed E-state index contributed by atoms with van der Waals surface area (Å²) >= 11 is 0. The first-order valence-electron chi connectivity index (χ1n) is 10.5. The molecule has 2 atom stereocenters. The molecule has 1 aliphatic heterocycles. The van der Waals surface area contributed by atoms with Crippen molar-refractivity contribution in [1.29, 1.82) is 0 Å². The molecule has 0 unspecified atom stereocenters. The normalized spacial score (nSPS) is 20.6. The fourth-order valence-corrected chi connectivity index (χ4v) is 4.66. The van der Waals surface area contributed by atoms with Gasteiger partial charge in [0.05, 0.1) is 32.8 Å². The molecule has 4 rings (SSSR count). The maximum Gasteiger partial charge on any atom is 0.336 e. The molecule has 0 spiro atoms. The molecule has 32 heavy (non-hydrogen) atoms. The second kappa shape index (κ2) is 8.57. The smallest absolute Gasteiger partial charge is 0.336 e. The molecule has 0 saturated carbocycles. The summed E-state index contributed by atoms with van der Waals surface area (Å²) in [6.07, 6.45) is 0.943. The Morgan fingerprint density at radius 1 is 1.03 bits per heavy atom. The zero-order chi connectivity index (χ0) is 23.0. The van der Waals surface area contributed by atoms with E-state index in [1.165, 1.54) is 7.11 Å². The SMILES string of the molecule is COC(=O)C1=C(C)NC2=C(C(=O)C[C@H](c3ccc(OC)c(OC)c3)C2)[C@@H]1c1ccc(C)o1. The van der Waals surface area contributed by atoms with Crippen LogP contribution in [0.15, 0.2) is 57.3 Å². The molecule has 7 heteroatoms. The molecule has 1 aromatic carbocycles. The molecule has 0 bridgehead atoms. The molecule has 0 saturated heterocycles. The fraction of sp³-hybridized carbons (Fsp3) is 0.360. The Hall–Kier alpha value is -3.48. The predicted octanol–water partition coefficient (Wildman–Crippen LogP) is 4.14. The first-order chi connectivity index (χ1) is 15.4. The number of ketones is 1. The standard InChI is InChI=1S/C25H27NO6/c1-13-6-8-20(32-13)24-22(25(28)31-5)14(2)26-17-10-16(11-18(27)23(17)24)15-7-9-19(29-3)21(12-15)30-4/h6-9,12,16,24,26H,10-11H2,1-5H3/t16-,24-/m1/s1. The number of hydrogen-bond acceptors (Lipinski definition) is 7. The molecular formula is C25H27NO6. The Balaban J connectivity index is 1.76. The van der Waals surface area contributed by atoms with Crippen molar-refractivity contribution >= 4 is 11.8 Å². The Morgan fingerprint density at radius 2 is 1.78 bits per heavy atom. The maximum atomic E-state index is 13.5. The van der Waals surface area contributed by atoms with Crippen molar-refractivity contribution in [2.24, 2.45) is 0 Å². The molecular weight excluding hydrogens is 410 g/mol. The van der Waals surface area contributed by atoms with Gasteiger partial charge < -0.3 is 23.9 Å². The van der Waals surface area contributed by atoms with Crippen molar-refractivity contribution in [3.05, 3.63) is 70.0 Å². The lowest BCUT2D eigenvalue weighted by molar-refractivity contribution is -0.136. The lowest BCUT2D eigenvalue weighted by Gasteiger charge is -2.35. The highest BCUT2D eigenvalue weighted by molar-refractivity contribution is 6.04. The lowest BCUT2D eigenvalue weighted by Crippen LogP contribution is -2.35. The largest absolute Gasteiger partial charge is 0.493 e. The number of Topliss-reactive ketones (excluding diaryl/α,β-unsaturated/α-hetero) is 1.